The van der Waals surface area contributed by atoms with Crippen LogP contribution < -0.4 is 15.4 Å². The Kier molecular flexibility index (Phi) is 5.02. The first-order valence-corrected chi connectivity index (χ1v) is 6.22. The average Bonchev–Trinajstić information content (AvgIpc) is 2.48. The summed E-state index contributed by atoms with van der Waals surface area (Å²) in [7, 11) is 1.86. The van der Waals surface area contributed by atoms with E-state index in [4.69, 9.17) is 4.74 Å². The zero-order valence-corrected chi connectivity index (χ0v) is 11.2. The summed E-state index contributed by atoms with van der Waals surface area (Å²) < 4.78 is 5.52. The number of ether oxygens (including phenoxy) is 1. The average molecular weight is 272 g/mol. The van der Waals surface area contributed by atoms with Crippen LogP contribution in [0, 0.1) is 0 Å². The number of benzene rings is 1. The molecule has 0 aliphatic carbocycles. The summed E-state index contributed by atoms with van der Waals surface area (Å²) in [5, 5.41) is 5.61. The van der Waals surface area contributed by atoms with Gasteiger partial charge in [-0.3, -0.25) is 10.1 Å². The van der Waals surface area contributed by atoms with Crippen molar-refractivity contribution in [2.24, 2.45) is 0 Å². The van der Waals surface area contributed by atoms with Crippen LogP contribution in [0.25, 0.3) is 0 Å². The Morgan fingerprint density at radius 1 is 1.20 bits per heavy atom. The highest BCUT2D eigenvalue weighted by atomic mass is 16.5. The van der Waals surface area contributed by atoms with Crippen LogP contribution in [0.1, 0.15) is 5.56 Å². The summed E-state index contributed by atoms with van der Waals surface area (Å²) in [4.78, 5) is 19.5. The summed E-state index contributed by atoms with van der Waals surface area (Å²) in [5.74, 6) is 0.658. The van der Waals surface area contributed by atoms with E-state index in [1.54, 1.807) is 18.5 Å². The number of nitrogens with one attached hydrogen (secondary N) is 2. The van der Waals surface area contributed by atoms with Gasteiger partial charge in [0.2, 0.25) is 5.95 Å². The summed E-state index contributed by atoms with van der Waals surface area (Å²) >= 11 is 0. The quantitative estimate of drug-likeness (QED) is 0.826. The van der Waals surface area contributed by atoms with Crippen LogP contribution >= 0.6 is 0 Å². The van der Waals surface area contributed by atoms with Gasteiger partial charge < -0.3 is 10.1 Å². The highest BCUT2D eigenvalue weighted by molar-refractivity contribution is 5.90. The maximum Gasteiger partial charge on any atom is 0.264 e. The van der Waals surface area contributed by atoms with Gasteiger partial charge >= 0.3 is 0 Å². The molecule has 0 aliphatic rings. The van der Waals surface area contributed by atoms with Gasteiger partial charge in [0, 0.05) is 24.5 Å². The van der Waals surface area contributed by atoms with Crippen molar-refractivity contribution in [3.63, 3.8) is 0 Å². The monoisotopic (exact) mass is 272 g/mol. The molecule has 6 heteroatoms. The van der Waals surface area contributed by atoms with Crippen molar-refractivity contribution in [1.82, 2.24) is 15.3 Å². The fraction of sp³-hybridized carbons (Fsp3) is 0.214. The van der Waals surface area contributed by atoms with Gasteiger partial charge in [-0.25, -0.2) is 9.97 Å². The lowest BCUT2D eigenvalue weighted by atomic mass is 10.2. The van der Waals surface area contributed by atoms with Crippen molar-refractivity contribution in [2.75, 3.05) is 19.0 Å². The predicted octanol–water partition coefficient (Wildman–Crippen LogP) is 1.21. The Bertz CT molecular complexity index is 560. The molecule has 1 aromatic heterocycles. The van der Waals surface area contributed by atoms with Crippen molar-refractivity contribution in [2.45, 2.75) is 6.54 Å². The van der Waals surface area contributed by atoms with E-state index in [9.17, 15) is 4.79 Å². The molecule has 0 saturated heterocycles. The van der Waals surface area contributed by atoms with Crippen LogP contribution in [0.2, 0.25) is 0 Å². The third kappa shape index (κ3) is 4.03. The number of carbonyl (C=O) groups excluding carboxylic acids is 1. The van der Waals surface area contributed by atoms with Crippen molar-refractivity contribution in [3.05, 3.63) is 48.3 Å². The number of anilines is 1. The molecule has 2 N–H and O–H groups in total. The van der Waals surface area contributed by atoms with Crippen molar-refractivity contribution < 1.29 is 9.53 Å². The number of amides is 1. The van der Waals surface area contributed by atoms with Gasteiger partial charge in [0.15, 0.2) is 6.61 Å². The number of para-hydroxylation sites is 1. The van der Waals surface area contributed by atoms with E-state index in [1.807, 2.05) is 31.3 Å². The SMILES string of the molecule is CNCc1ccccc1OCC(=O)Nc1ncccn1. The van der Waals surface area contributed by atoms with Crippen LogP contribution in [-0.4, -0.2) is 29.5 Å². The highest BCUT2D eigenvalue weighted by Gasteiger charge is 2.07. The lowest BCUT2D eigenvalue weighted by molar-refractivity contribution is -0.118. The van der Waals surface area contributed by atoms with Gasteiger partial charge in [-0.1, -0.05) is 18.2 Å². The number of rotatable bonds is 6. The fourth-order valence-corrected chi connectivity index (χ4v) is 1.65. The van der Waals surface area contributed by atoms with Gasteiger partial charge in [-0.05, 0) is 19.2 Å². The lowest BCUT2D eigenvalue weighted by Gasteiger charge is -2.10. The number of hydrogen-bond donors (Lipinski definition) is 2. The molecule has 1 amide bonds. The van der Waals surface area contributed by atoms with Crippen LogP contribution in [-0.2, 0) is 11.3 Å². The second-order valence-corrected chi connectivity index (χ2v) is 4.05. The Labute approximate surface area is 117 Å². The zero-order valence-electron chi connectivity index (χ0n) is 11.2. The molecule has 0 radical (unpaired) electrons. The number of hydrogen-bond acceptors (Lipinski definition) is 5. The molecule has 104 valence electrons. The van der Waals surface area contributed by atoms with Gasteiger partial charge in [0.25, 0.3) is 5.91 Å². The standard InChI is InChI=1S/C14H16N4O2/c1-15-9-11-5-2-3-6-12(11)20-10-13(19)18-14-16-7-4-8-17-14/h2-8,15H,9-10H2,1H3,(H,16,17,18,19). The molecule has 0 aliphatic heterocycles. The highest BCUT2D eigenvalue weighted by Crippen LogP contribution is 2.17. The van der Waals surface area contributed by atoms with Crippen molar-refractivity contribution in [1.29, 1.82) is 0 Å². The van der Waals surface area contributed by atoms with Crippen LogP contribution in [0.4, 0.5) is 5.95 Å². The lowest BCUT2D eigenvalue weighted by Crippen LogP contribution is -2.22. The number of nitrogens with zero attached hydrogens (tertiary/aromatic N) is 2. The molecule has 1 heterocycles. The summed E-state index contributed by atoms with van der Waals surface area (Å²) in [6, 6.07) is 9.26. The smallest absolute Gasteiger partial charge is 0.264 e. The maximum atomic E-state index is 11.7. The van der Waals surface area contributed by atoms with Crippen LogP contribution in [0.3, 0.4) is 0 Å². The van der Waals surface area contributed by atoms with E-state index >= 15 is 0 Å². The van der Waals surface area contributed by atoms with Gasteiger partial charge in [0.05, 0.1) is 0 Å². The van der Waals surface area contributed by atoms with Crippen molar-refractivity contribution in [3.8, 4) is 5.75 Å². The number of carbonyl (C=O) groups is 1. The molecule has 2 rings (SSSR count). The molecule has 0 atom stereocenters. The maximum absolute atomic E-state index is 11.7. The molecular weight excluding hydrogens is 256 g/mol. The Hall–Kier alpha value is -2.47. The summed E-state index contributed by atoms with van der Waals surface area (Å²) in [6.45, 7) is 0.596. The molecular formula is C14H16N4O2. The van der Waals surface area contributed by atoms with E-state index in [1.165, 1.54) is 0 Å². The van der Waals surface area contributed by atoms with E-state index < -0.39 is 0 Å². The molecule has 0 spiro atoms. The minimum Gasteiger partial charge on any atom is -0.483 e. The zero-order chi connectivity index (χ0) is 14.2. The normalized spacial score (nSPS) is 10.1. The second kappa shape index (κ2) is 7.20. The van der Waals surface area contributed by atoms with E-state index in [0.717, 1.165) is 5.56 Å². The first-order chi connectivity index (χ1) is 9.79. The van der Waals surface area contributed by atoms with E-state index in [0.29, 0.717) is 12.3 Å². The minimum atomic E-state index is -0.296. The third-order valence-electron chi connectivity index (χ3n) is 2.52. The van der Waals surface area contributed by atoms with Gasteiger partial charge in [-0.2, -0.15) is 0 Å². The van der Waals surface area contributed by atoms with Gasteiger partial charge in [0.1, 0.15) is 5.75 Å². The molecule has 1 aromatic carbocycles. The fourth-order valence-electron chi connectivity index (χ4n) is 1.65. The Balaban J connectivity index is 1.90. The van der Waals surface area contributed by atoms with Crippen LogP contribution in [0.15, 0.2) is 42.7 Å². The Morgan fingerprint density at radius 3 is 2.70 bits per heavy atom. The largest absolute Gasteiger partial charge is 0.483 e. The Morgan fingerprint density at radius 2 is 1.95 bits per heavy atom. The molecule has 0 fully saturated rings. The van der Waals surface area contributed by atoms with Crippen molar-refractivity contribution >= 4 is 11.9 Å². The molecule has 20 heavy (non-hydrogen) atoms. The first-order valence-electron chi connectivity index (χ1n) is 6.22. The molecule has 0 unspecified atom stereocenters. The predicted molar refractivity (Wildman–Crippen MR) is 75.4 cm³/mol. The minimum absolute atomic E-state index is 0.0843. The third-order valence-corrected chi connectivity index (χ3v) is 2.52. The molecule has 2 aromatic rings. The molecule has 0 saturated carbocycles. The number of aromatic nitrogens is 2. The van der Waals surface area contributed by atoms with E-state index in [-0.39, 0.29) is 18.5 Å². The summed E-state index contributed by atoms with van der Waals surface area (Å²) in [6.07, 6.45) is 3.12. The van der Waals surface area contributed by atoms with Crippen LogP contribution in [0.5, 0.6) is 5.75 Å². The topological polar surface area (TPSA) is 76.1 Å². The van der Waals surface area contributed by atoms with Gasteiger partial charge in [-0.15, -0.1) is 0 Å². The molecule has 0 bridgehead atoms. The van der Waals surface area contributed by atoms with E-state index in [2.05, 4.69) is 20.6 Å². The summed E-state index contributed by atoms with van der Waals surface area (Å²) in [5.41, 5.74) is 0.999. The molecule has 6 nitrogen and oxygen atoms in total. The first kappa shape index (κ1) is 14.0. The second-order valence-electron chi connectivity index (χ2n) is 4.05.